The molecule has 18 heavy (non-hydrogen) atoms. The van der Waals surface area contributed by atoms with Crippen molar-refractivity contribution in [1.29, 1.82) is 0 Å². The average molecular weight is 272 g/mol. The van der Waals surface area contributed by atoms with E-state index in [1.807, 2.05) is 0 Å². The smallest absolute Gasteiger partial charge is 0.130 e. The van der Waals surface area contributed by atoms with E-state index in [1.165, 1.54) is 19.6 Å². The van der Waals surface area contributed by atoms with Crippen LogP contribution in [0.25, 0.3) is 0 Å². The molecular formula is C14H19ClFNO. The fourth-order valence-electron chi connectivity index (χ4n) is 2.64. The molecule has 2 N–H and O–H groups in total. The van der Waals surface area contributed by atoms with Crippen molar-refractivity contribution in [3.05, 3.63) is 34.1 Å². The van der Waals surface area contributed by atoms with Crippen LogP contribution in [-0.2, 0) is 16.9 Å². The Morgan fingerprint density at radius 3 is 2.56 bits per heavy atom. The Balaban J connectivity index is 2.34. The number of benzene rings is 1. The van der Waals surface area contributed by atoms with Crippen LogP contribution < -0.4 is 5.73 Å². The molecule has 1 aromatic carbocycles. The van der Waals surface area contributed by atoms with Crippen molar-refractivity contribution < 1.29 is 9.13 Å². The van der Waals surface area contributed by atoms with Gasteiger partial charge in [0, 0.05) is 23.2 Å². The third-order valence-corrected chi connectivity index (χ3v) is 4.09. The van der Waals surface area contributed by atoms with Crippen molar-refractivity contribution in [3.63, 3.8) is 0 Å². The van der Waals surface area contributed by atoms with E-state index in [9.17, 15) is 4.39 Å². The number of hydrogen-bond donors (Lipinski definition) is 1. The third kappa shape index (κ3) is 2.68. The van der Waals surface area contributed by atoms with Gasteiger partial charge in [-0.15, -0.1) is 0 Å². The number of halogens is 2. The molecule has 1 aliphatic carbocycles. The second kappa shape index (κ2) is 5.55. The van der Waals surface area contributed by atoms with E-state index in [1.54, 1.807) is 6.07 Å². The number of nitrogens with two attached hydrogens (primary N) is 1. The van der Waals surface area contributed by atoms with Gasteiger partial charge in [0.2, 0.25) is 0 Å². The predicted octanol–water partition coefficient (Wildman–Crippen LogP) is 3.74. The third-order valence-electron chi connectivity index (χ3n) is 3.75. The standard InChI is InChI=1S/C14H19ClFNO/c1-18-9-11-12(15)7-10(8-13(11)16)14(17)5-3-2-4-6-14/h7-8H,2-6,9,17H2,1H3. The van der Waals surface area contributed by atoms with Crippen LogP contribution in [0.2, 0.25) is 5.02 Å². The Labute approximate surface area is 112 Å². The predicted molar refractivity (Wildman–Crippen MR) is 71.1 cm³/mol. The van der Waals surface area contributed by atoms with Crippen molar-refractivity contribution in [3.8, 4) is 0 Å². The van der Waals surface area contributed by atoms with Crippen LogP contribution in [0.5, 0.6) is 0 Å². The van der Waals surface area contributed by atoms with Crippen LogP contribution in [0, 0.1) is 5.82 Å². The van der Waals surface area contributed by atoms with Crippen LogP contribution in [0.3, 0.4) is 0 Å². The number of ether oxygens (including phenoxy) is 1. The molecule has 1 aliphatic rings. The second-order valence-corrected chi connectivity index (χ2v) is 5.48. The summed E-state index contributed by atoms with van der Waals surface area (Å²) in [6.07, 6.45) is 5.18. The average Bonchev–Trinajstić information content (AvgIpc) is 2.34. The van der Waals surface area contributed by atoms with Crippen LogP contribution in [0.4, 0.5) is 4.39 Å². The van der Waals surface area contributed by atoms with Gasteiger partial charge in [0.05, 0.1) is 6.61 Å². The van der Waals surface area contributed by atoms with E-state index in [0.29, 0.717) is 10.6 Å². The van der Waals surface area contributed by atoms with Gasteiger partial charge in [-0.05, 0) is 30.5 Å². The SMILES string of the molecule is COCc1c(F)cc(C2(N)CCCCC2)cc1Cl. The molecule has 0 aliphatic heterocycles. The molecule has 0 aromatic heterocycles. The maximum absolute atomic E-state index is 14.0. The van der Waals surface area contributed by atoms with E-state index < -0.39 is 5.54 Å². The Kier molecular flexibility index (Phi) is 4.25. The van der Waals surface area contributed by atoms with Gasteiger partial charge >= 0.3 is 0 Å². The number of hydrogen-bond acceptors (Lipinski definition) is 2. The van der Waals surface area contributed by atoms with Crippen LogP contribution >= 0.6 is 11.6 Å². The maximum Gasteiger partial charge on any atom is 0.130 e. The van der Waals surface area contributed by atoms with Crippen molar-refractivity contribution in [2.24, 2.45) is 5.73 Å². The molecule has 100 valence electrons. The van der Waals surface area contributed by atoms with Crippen molar-refractivity contribution >= 4 is 11.6 Å². The highest BCUT2D eigenvalue weighted by Crippen LogP contribution is 2.37. The highest BCUT2D eigenvalue weighted by Gasteiger charge is 2.30. The first-order chi connectivity index (χ1) is 8.57. The molecule has 2 rings (SSSR count). The minimum absolute atomic E-state index is 0.183. The second-order valence-electron chi connectivity index (χ2n) is 5.07. The van der Waals surface area contributed by atoms with Gasteiger partial charge in [0.25, 0.3) is 0 Å². The van der Waals surface area contributed by atoms with Crippen molar-refractivity contribution in [2.45, 2.75) is 44.2 Å². The molecule has 1 fully saturated rings. The highest BCUT2D eigenvalue weighted by atomic mass is 35.5. The lowest BCUT2D eigenvalue weighted by Gasteiger charge is -2.34. The fraction of sp³-hybridized carbons (Fsp3) is 0.571. The summed E-state index contributed by atoms with van der Waals surface area (Å²) in [5, 5.41) is 0.405. The zero-order chi connectivity index (χ0) is 13.2. The molecule has 0 atom stereocenters. The summed E-state index contributed by atoms with van der Waals surface area (Å²) in [7, 11) is 1.52. The molecule has 0 bridgehead atoms. The Bertz CT molecular complexity index is 407. The van der Waals surface area contributed by atoms with E-state index in [0.717, 1.165) is 31.2 Å². The molecule has 0 spiro atoms. The Hall–Kier alpha value is -0.640. The minimum atomic E-state index is -0.422. The first kappa shape index (κ1) is 13.8. The maximum atomic E-state index is 14.0. The van der Waals surface area contributed by atoms with Gasteiger partial charge in [-0.1, -0.05) is 30.9 Å². The van der Waals surface area contributed by atoms with Gasteiger partial charge in [-0.2, -0.15) is 0 Å². The van der Waals surface area contributed by atoms with Gasteiger partial charge in [-0.25, -0.2) is 4.39 Å². The van der Waals surface area contributed by atoms with E-state index in [4.69, 9.17) is 22.1 Å². The van der Waals surface area contributed by atoms with Crippen LogP contribution in [0.1, 0.15) is 43.2 Å². The summed E-state index contributed by atoms with van der Waals surface area (Å²) >= 11 is 6.12. The largest absolute Gasteiger partial charge is 0.380 e. The molecule has 0 radical (unpaired) electrons. The lowest BCUT2D eigenvalue weighted by molar-refractivity contribution is 0.181. The Morgan fingerprint density at radius 1 is 1.33 bits per heavy atom. The van der Waals surface area contributed by atoms with Gasteiger partial charge in [-0.3, -0.25) is 0 Å². The van der Waals surface area contributed by atoms with E-state index >= 15 is 0 Å². The summed E-state index contributed by atoms with van der Waals surface area (Å²) in [6.45, 7) is 0.183. The molecule has 0 saturated heterocycles. The summed E-state index contributed by atoms with van der Waals surface area (Å²) in [5.41, 5.74) is 7.18. The number of rotatable bonds is 3. The molecule has 0 amide bonds. The summed E-state index contributed by atoms with van der Waals surface area (Å²) < 4.78 is 18.9. The van der Waals surface area contributed by atoms with Crippen LogP contribution in [0.15, 0.2) is 12.1 Å². The monoisotopic (exact) mass is 271 g/mol. The highest BCUT2D eigenvalue weighted by molar-refractivity contribution is 6.31. The molecule has 0 unspecified atom stereocenters. The van der Waals surface area contributed by atoms with E-state index in [-0.39, 0.29) is 12.4 Å². The van der Waals surface area contributed by atoms with Gasteiger partial charge in [0.15, 0.2) is 0 Å². The minimum Gasteiger partial charge on any atom is -0.380 e. The number of methoxy groups -OCH3 is 1. The summed E-state index contributed by atoms with van der Waals surface area (Å²) in [6, 6.07) is 3.32. The molecular weight excluding hydrogens is 253 g/mol. The summed E-state index contributed by atoms with van der Waals surface area (Å²) in [5.74, 6) is -0.324. The summed E-state index contributed by atoms with van der Waals surface area (Å²) in [4.78, 5) is 0. The quantitative estimate of drug-likeness (QED) is 0.909. The topological polar surface area (TPSA) is 35.2 Å². The molecule has 2 nitrogen and oxygen atoms in total. The molecule has 1 aromatic rings. The zero-order valence-electron chi connectivity index (χ0n) is 10.6. The first-order valence-electron chi connectivity index (χ1n) is 6.33. The van der Waals surface area contributed by atoms with Gasteiger partial charge < -0.3 is 10.5 Å². The zero-order valence-corrected chi connectivity index (χ0v) is 11.4. The molecule has 1 saturated carbocycles. The van der Waals surface area contributed by atoms with Gasteiger partial charge in [0.1, 0.15) is 5.82 Å². The Morgan fingerprint density at radius 2 is 2.00 bits per heavy atom. The fourth-order valence-corrected chi connectivity index (χ4v) is 2.91. The van der Waals surface area contributed by atoms with Crippen molar-refractivity contribution in [2.75, 3.05) is 7.11 Å². The first-order valence-corrected chi connectivity index (χ1v) is 6.71. The van der Waals surface area contributed by atoms with Crippen molar-refractivity contribution in [1.82, 2.24) is 0 Å². The lowest BCUT2D eigenvalue weighted by atomic mass is 9.77. The molecule has 0 heterocycles. The van der Waals surface area contributed by atoms with Crippen LogP contribution in [-0.4, -0.2) is 7.11 Å². The molecule has 4 heteroatoms. The normalized spacial score (nSPS) is 18.9. The lowest BCUT2D eigenvalue weighted by Crippen LogP contribution is -2.38. The van der Waals surface area contributed by atoms with E-state index in [2.05, 4.69) is 0 Å².